The van der Waals surface area contributed by atoms with Gasteiger partial charge < -0.3 is 10.2 Å². The fourth-order valence-corrected chi connectivity index (χ4v) is 4.34. The Morgan fingerprint density at radius 2 is 1.59 bits per heavy atom. The van der Waals surface area contributed by atoms with E-state index in [4.69, 9.17) is 0 Å². The first-order valence-electron chi connectivity index (χ1n) is 11.5. The number of carbonyl (C=O) groups excluding carboxylic acids is 2. The summed E-state index contributed by atoms with van der Waals surface area (Å²) in [4.78, 5) is 27.9. The zero-order valence-electron chi connectivity index (χ0n) is 21.3. The first kappa shape index (κ1) is 27.4. The second kappa shape index (κ2) is 11.5. The Hall–Kier alpha value is -2.87. The van der Waals surface area contributed by atoms with Gasteiger partial charge in [-0.15, -0.1) is 0 Å². The van der Waals surface area contributed by atoms with Crippen molar-refractivity contribution in [3.63, 3.8) is 0 Å². The Morgan fingerprint density at radius 3 is 2.15 bits per heavy atom. The van der Waals surface area contributed by atoms with E-state index in [1.165, 1.54) is 4.90 Å². The maximum absolute atomic E-state index is 13.6. The van der Waals surface area contributed by atoms with Crippen molar-refractivity contribution in [3.8, 4) is 0 Å². The molecule has 186 valence electrons. The molecule has 0 fully saturated rings. The number of anilines is 1. The molecule has 2 aromatic rings. The Bertz CT molecular complexity index is 1130. The topological polar surface area (TPSA) is 86.8 Å². The van der Waals surface area contributed by atoms with Crippen LogP contribution in [-0.4, -0.2) is 50.5 Å². The molecule has 0 bridgehead atoms. The van der Waals surface area contributed by atoms with Gasteiger partial charge in [0.25, 0.3) is 0 Å². The van der Waals surface area contributed by atoms with Crippen LogP contribution in [0.4, 0.5) is 5.69 Å². The predicted octanol–water partition coefficient (Wildman–Crippen LogP) is 3.57. The van der Waals surface area contributed by atoms with Crippen LogP contribution in [0.1, 0.15) is 43.0 Å². The lowest BCUT2D eigenvalue weighted by Gasteiger charge is -2.32. The maximum Gasteiger partial charge on any atom is 0.244 e. The van der Waals surface area contributed by atoms with Gasteiger partial charge in [0.2, 0.25) is 21.8 Å². The van der Waals surface area contributed by atoms with Crippen LogP contribution in [0.25, 0.3) is 0 Å². The van der Waals surface area contributed by atoms with Crippen LogP contribution < -0.4 is 9.62 Å². The van der Waals surface area contributed by atoms with Crippen LogP contribution in [0.15, 0.2) is 42.5 Å². The van der Waals surface area contributed by atoms with E-state index >= 15 is 0 Å². The Kier molecular flexibility index (Phi) is 9.27. The van der Waals surface area contributed by atoms with E-state index < -0.39 is 28.5 Å². The molecule has 1 atom stereocenters. The minimum Gasteiger partial charge on any atom is -0.354 e. The SMILES string of the molecule is Cc1ccc(N(CC(=O)N(Cc2ccccc2C)[C@@H](C)C(=O)NCC(C)C)S(C)(=O)=O)cc1C. The Labute approximate surface area is 204 Å². The van der Waals surface area contributed by atoms with Crippen molar-refractivity contribution in [1.82, 2.24) is 10.2 Å². The molecule has 8 heteroatoms. The van der Waals surface area contributed by atoms with E-state index in [1.54, 1.807) is 19.1 Å². The summed E-state index contributed by atoms with van der Waals surface area (Å²) in [7, 11) is -3.74. The Balaban J connectivity index is 2.40. The lowest BCUT2D eigenvalue weighted by molar-refractivity contribution is -0.139. The summed E-state index contributed by atoms with van der Waals surface area (Å²) < 4.78 is 26.4. The van der Waals surface area contributed by atoms with E-state index in [1.807, 2.05) is 65.0 Å². The molecule has 2 rings (SSSR count). The van der Waals surface area contributed by atoms with E-state index in [9.17, 15) is 18.0 Å². The highest BCUT2D eigenvalue weighted by Gasteiger charge is 2.30. The molecular weight excluding hydrogens is 450 g/mol. The fourth-order valence-electron chi connectivity index (χ4n) is 3.50. The third-order valence-electron chi connectivity index (χ3n) is 5.91. The van der Waals surface area contributed by atoms with Gasteiger partial charge in [-0.1, -0.05) is 44.2 Å². The highest BCUT2D eigenvalue weighted by Crippen LogP contribution is 2.22. The van der Waals surface area contributed by atoms with Gasteiger partial charge in [-0.2, -0.15) is 0 Å². The van der Waals surface area contributed by atoms with Gasteiger partial charge in [0, 0.05) is 13.1 Å². The number of rotatable bonds is 10. The molecule has 0 saturated heterocycles. The summed E-state index contributed by atoms with van der Waals surface area (Å²) in [5, 5.41) is 2.88. The van der Waals surface area contributed by atoms with Gasteiger partial charge in [0.15, 0.2) is 0 Å². The summed E-state index contributed by atoms with van der Waals surface area (Å²) in [6, 6.07) is 12.2. The zero-order valence-corrected chi connectivity index (χ0v) is 22.1. The van der Waals surface area contributed by atoms with Gasteiger partial charge in [0.05, 0.1) is 11.9 Å². The molecule has 7 nitrogen and oxygen atoms in total. The second-order valence-corrected chi connectivity index (χ2v) is 11.2. The number of hydrogen-bond acceptors (Lipinski definition) is 4. The molecule has 0 aromatic heterocycles. The number of nitrogens with zero attached hydrogens (tertiary/aromatic N) is 2. The number of aryl methyl sites for hydroxylation is 3. The van der Waals surface area contributed by atoms with Crippen molar-refractivity contribution in [2.24, 2.45) is 5.92 Å². The van der Waals surface area contributed by atoms with Gasteiger partial charge >= 0.3 is 0 Å². The summed E-state index contributed by atoms with van der Waals surface area (Å²) in [5.74, 6) is -0.450. The normalized spacial score (nSPS) is 12.4. The molecule has 0 unspecified atom stereocenters. The smallest absolute Gasteiger partial charge is 0.244 e. The van der Waals surface area contributed by atoms with E-state index in [2.05, 4.69) is 5.32 Å². The van der Waals surface area contributed by atoms with Gasteiger partial charge in [-0.3, -0.25) is 13.9 Å². The predicted molar refractivity (Wildman–Crippen MR) is 137 cm³/mol. The van der Waals surface area contributed by atoms with Crippen LogP contribution in [0.2, 0.25) is 0 Å². The van der Waals surface area contributed by atoms with E-state index in [-0.39, 0.29) is 18.4 Å². The van der Waals surface area contributed by atoms with Gasteiger partial charge in [-0.05, 0) is 68.0 Å². The monoisotopic (exact) mass is 487 g/mol. The largest absolute Gasteiger partial charge is 0.354 e. The van der Waals surface area contributed by atoms with Crippen molar-refractivity contribution in [2.45, 2.75) is 54.1 Å². The van der Waals surface area contributed by atoms with Crippen molar-refractivity contribution in [1.29, 1.82) is 0 Å². The minimum atomic E-state index is -3.74. The number of sulfonamides is 1. The third kappa shape index (κ3) is 7.32. The van der Waals surface area contributed by atoms with Crippen molar-refractivity contribution >= 4 is 27.5 Å². The molecule has 2 amide bonds. The summed E-state index contributed by atoms with van der Waals surface area (Å²) >= 11 is 0. The van der Waals surface area contributed by atoms with Crippen LogP contribution in [0, 0.1) is 26.7 Å². The fraction of sp³-hybridized carbons (Fsp3) is 0.462. The molecule has 0 radical (unpaired) electrons. The van der Waals surface area contributed by atoms with E-state index in [0.29, 0.717) is 12.2 Å². The first-order valence-corrected chi connectivity index (χ1v) is 13.3. The number of amides is 2. The molecule has 0 aliphatic heterocycles. The lowest BCUT2D eigenvalue weighted by Crippen LogP contribution is -2.51. The second-order valence-electron chi connectivity index (χ2n) is 9.30. The number of nitrogens with one attached hydrogen (secondary N) is 1. The molecular formula is C26H37N3O4S. The van der Waals surface area contributed by atoms with Gasteiger partial charge in [0.1, 0.15) is 12.6 Å². The average Bonchev–Trinajstić information content (AvgIpc) is 2.75. The quantitative estimate of drug-likeness (QED) is 0.555. The minimum absolute atomic E-state index is 0.201. The van der Waals surface area contributed by atoms with Crippen molar-refractivity contribution in [2.75, 3.05) is 23.7 Å². The van der Waals surface area contributed by atoms with Crippen LogP contribution in [-0.2, 0) is 26.2 Å². The number of carbonyl (C=O) groups is 2. The molecule has 1 N–H and O–H groups in total. The molecule has 34 heavy (non-hydrogen) atoms. The molecule has 2 aromatic carbocycles. The van der Waals surface area contributed by atoms with Crippen molar-refractivity contribution < 1.29 is 18.0 Å². The number of hydrogen-bond donors (Lipinski definition) is 1. The molecule has 0 aliphatic rings. The first-order chi connectivity index (χ1) is 15.8. The van der Waals surface area contributed by atoms with Crippen molar-refractivity contribution in [3.05, 3.63) is 64.7 Å². The highest BCUT2D eigenvalue weighted by atomic mass is 32.2. The van der Waals surface area contributed by atoms with Crippen LogP contribution in [0.3, 0.4) is 0 Å². The lowest BCUT2D eigenvalue weighted by atomic mass is 10.1. The zero-order chi connectivity index (χ0) is 25.6. The van der Waals surface area contributed by atoms with Crippen LogP contribution >= 0.6 is 0 Å². The average molecular weight is 488 g/mol. The third-order valence-corrected chi connectivity index (χ3v) is 7.05. The summed E-state index contributed by atoms with van der Waals surface area (Å²) in [6.07, 6.45) is 1.08. The molecule has 0 saturated carbocycles. The molecule has 0 aliphatic carbocycles. The highest BCUT2D eigenvalue weighted by molar-refractivity contribution is 7.92. The molecule has 0 heterocycles. The summed E-state index contributed by atoms with van der Waals surface area (Å²) in [5.41, 5.74) is 4.27. The molecule has 0 spiro atoms. The summed E-state index contributed by atoms with van der Waals surface area (Å²) in [6.45, 7) is 11.7. The van der Waals surface area contributed by atoms with E-state index in [0.717, 1.165) is 32.8 Å². The standard InChI is InChI=1S/C26H37N3O4S/c1-18(2)15-27-26(31)22(6)28(16-23-11-9-8-10-20(23)4)25(30)17-29(34(7,32)33)24-13-12-19(3)21(5)14-24/h8-14,18,22H,15-17H2,1-7H3,(H,27,31)/t22-/m0/s1. The number of benzene rings is 2. The maximum atomic E-state index is 13.6. The van der Waals surface area contributed by atoms with Crippen LogP contribution in [0.5, 0.6) is 0 Å². The Morgan fingerprint density at radius 1 is 0.941 bits per heavy atom. The van der Waals surface area contributed by atoms with Gasteiger partial charge in [-0.25, -0.2) is 8.42 Å².